The number of hydrogen-bond acceptors (Lipinski definition) is 3. The van der Waals surface area contributed by atoms with Crippen LogP contribution in [0.3, 0.4) is 0 Å². The van der Waals surface area contributed by atoms with Gasteiger partial charge in [-0.3, -0.25) is 4.90 Å². The molecule has 3 rings (SSSR count). The highest BCUT2D eigenvalue weighted by Gasteiger charge is 2.52. The Bertz CT molecular complexity index is 246. The Balaban J connectivity index is 1.43. The summed E-state index contributed by atoms with van der Waals surface area (Å²) in [7, 11) is 0. The van der Waals surface area contributed by atoms with Gasteiger partial charge in [-0.15, -0.1) is 0 Å². The molecule has 3 aliphatic rings. The van der Waals surface area contributed by atoms with Crippen LogP contribution >= 0.6 is 0 Å². The summed E-state index contributed by atoms with van der Waals surface area (Å²) in [6.45, 7) is 4.94. The van der Waals surface area contributed by atoms with Crippen LogP contribution in [0.5, 0.6) is 0 Å². The van der Waals surface area contributed by atoms with E-state index >= 15 is 0 Å². The van der Waals surface area contributed by atoms with Gasteiger partial charge in [-0.1, -0.05) is 0 Å². The quantitative estimate of drug-likeness (QED) is 0.756. The molecule has 2 aliphatic heterocycles. The molecule has 0 spiro atoms. The lowest BCUT2D eigenvalue weighted by molar-refractivity contribution is -0.125. The molecule has 0 radical (unpaired) electrons. The number of nitrogens with zero attached hydrogens (tertiary/aromatic N) is 1. The van der Waals surface area contributed by atoms with E-state index < -0.39 is 0 Å². The molecule has 2 saturated heterocycles. The average Bonchev–Trinajstić information content (AvgIpc) is 2.90. The smallest absolute Gasteiger partial charge is 0.0928 e. The maximum atomic E-state index is 10.2. The molecule has 3 fully saturated rings. The molecule has 0 amide bonds. The van der Waals surface area contributed by atoms with Gasteiger partial charge in [-0.05, 0) is 38.5 Å². The third kappa shape index (κ3) is 1.93. The summed E-state index contributed by atoms with van der Waals surface area (Å²) in [5, 5.41) is 10.2. The Labute approximate surface area is 91.4 Å². The highest BCUT2D eigenvalue weighted by molar-refractivity contribution is 5.05. The molecule has 1 N–H and O–H groups in total. The second-order valence-electron chi connectivity index (χ2n) is 5.69. The van der Waals surface area contributed by atoms with Crippen molar-refractivity contribution in [1.82, 2.24) is 4.90 Å². The first-order chi connectivity index (χ1) is 7.16. The van der Waals surface area contributed by atoms with Gasteiger partial charge in [-0.2, -0.15) is 0 Å². The molecular formula is C12H21NO2. The summed E-state index contributed by atoms with van der Waals surface area (Å²) in [6.07, 6.45) is 5.73. The van der Waals surface area contributed by atoms with Crippen LogP contribution < -0.4 is 0 Å². The molecule has 0 bridgehead atoms. The van der Waals surface area contributed by atoms with Crippen LogP contribution in [0, 0.1) is 5.92 Å². The summed E-state index contributed by atoms with van der Waals surface area (Å²) in [5.41, 5.74) is -0.329. The van der Waals surface area contributed by atoms with Crippen LogP contribution in [0.25, 0.3) is 0 Å². The van der Waals surface area contributed by atoms with Crippen molar-refractivity contribution in [1.29, 1.82) is 0 Å². The van der Waals surface area contributed by atoms with Gasteiger partial charge >= 0.3 is 0 Å². The number of hydrogen-bond donors (Lipinski definition) is 1. The maximum Gasteiger partial charge on any atom is 0.0928 e. The Morgan fingerprint density at radius 2 is 2.00 bits per heavy atom. The molecule has 3 nitrogen and oxygen atoms in total. The van der Waals surface area contributed by atoms with Crippen molar-refractivity contribution in [3.63, 3.8) is 0 Å². The molecular weight excluding hydrogens is 190 g/mol. The van der Waals surface area contributed by atoms with Crippen LogP contribution in [0.1, 0.15) is 32.6 Å². The predicted octanol–water partition coefficient (Wildman–Crippen LogP) is 1.01. The van der Waals surface area contributed by atoms with Gasteiger partial charge in [0, 0.05) is 19.6 Å². The molecule has 0 aromatic carbocycles. The Morgan fingerprint density at radius 3 is 2.53 bits per heavy atom. The van der Waals surface area contributed by atoms with E-state index in [1.165, 1.54) is 25.7 Å². The summed E-state index contributed by atoms with van der Waals surface area (Å²) < 4.78 is 5.79. The van der Waals surface area contributed by atoms with Gasteiger partial charge in [0.15, 0.2) is 0 Å². The average molecular weight is 211 g/mol. The number of ether oxygens (including phenoxy) is 1. The van der Waals surface area contributed by atoms with E-state index in [4.69, 9.17) is 4.74 Å². The summed E-state index contributed by atoms with van der Waals surface area (Å²) in [6, 6.07) is 0. The third-order valence-electron chi connectivity index (χ3n) is 4.11. The highest BCUT2D eigenvalue weighted by Crippen LogP contribution is 2.44. The summed E-state index contributed by atoms with van der Waals surface area (Å²) in [4.78, 5) is 2.35. The Kier molecular flexibility index (Phi) is 2.31. The van der Waals surface area contributed by atoms with Gasteiger partial charge in [0.1, 0.15) is 0 Å². The molecule has 2 atom stereocenters. The van der Waals surface area contributed by atoms with Crippen molar-refractivity contribution >= 4 is 0 Å². The number of likely N-dealkylation sites (tertiary alicyclic amines) is 1. The van der Waals surface area contributed by atoms with Crippen LogP contribution in [0.15, 0.2) is 0 Å². The lowest BCUT2D eigenvalue weighted by Gasteiger charge is -2.47. The van der Waals surface area contributed by atoms with E-state index in [0.717, 1.165) is 19.6 Å². The third-order valence-corrected chi connectivity index (χ3v) is 4.11. The standard InChI is InChI=1S/C12H21NO2/c1-9-2-5-11(15-9)6-13-7-12(14,8-13)10-3-4-10/h9-11,14H,2-8H2,1H3. The monoisotopic (exact) mass is 211 g/mol. The van der Waals surface area contributed by atoms with Crippen LogP contribution in [0.4, 0.5) is 0 Å². The van der Waals surface area contributed by atoms with Crippen molar-refractivity contribution < 1.29 is 9.84 Å². The van der Waals surface area contributed by atoms with Crippen molar-refractivity contribution in [2.75, 3.05) is 19.6 Å². The lowest BCUT2D eigenvalue weighted by atomic mass is 9.88. The fourth-order valence-corrected chi connectivity index (χ4v) is 3.04. The SMILES string of the molecule is CC1CCC(CN2CC(O)(C3CC3)C2)O1. The molecule has 2 heterocycles. The van der Waals surface area contributed by atoms with Gasteiger partial charge in [-0.25, -0.2) is 0 Å². The van der Waals surface area contributed by atoms with E-state index in [1.807, 2.05) is 0 Å². The predicted molar refractivity (Wildman–Crippen MR) is 57.7 cm³/mol. The molecule has 1 saturated carbocycles. The lowest BCUT2D eigenvalue weighted by Crippen LogP contribution is -2.64. The zero-order chi connectivity index (χ0) is 10.5. The molecule has 0 aromatic rings. The zero-order valence-corrected chi connectivity index (χ0v) is 9.48. The Hall–Kier alpha value is -0.120. The van der Waals surface area contributed by atoms with E-state index in [-0.39, 0.29) is 5.60 Å². The number of aliphatic hydroxyl groups is 1. The van der Waals surface area contributed by atoms with E-state index in [9.17, 15) is 5.11 Å². The van der Waals surface area contributed by atoms with E-state index in [1.54, 1.807) is 0 Å². The molecule has 0 aromatic heterocycles. The second-order valence-corrected chi connectivity index (χ2v) is 5.69. The molecule has 1 aliphatic carbocycles. The Morgan fingerprint density at radius 1 is 1.27 bits per heavy atom. The highest BCUT2D eigenvalue weighted by atomic mass is 16.5. The van der Waals surface area contributed by atoms with Gasteiger partial charge < -0.3 is 9.84 Å². The number of β-amino-alcohol motifs (C(OH)–C–C–N with tert-alkyl or cyclic N) is 1. The summed E-state index contributed by atoms with van der Waals surface area (Å²) >= 11 is 0. The largest absolute Gasteiger partial charge is 0.387 e. The normalized spacial score (nSPS) is 40.4. The van der Waals surface area contributed by atoms with Crippen molar-refractivity contribution in [3.8, 4) is 0 Å². The second kappa shape index (κ2) is 3.44. The zero-order valence-electron chi connectivity index (χ0n) is 9.48. The molecule has 86 valence electrons. The topological polar surface area (TPSA) is 32.7 Å². The van der Waals surface area contributed by atoms with Crippen molar-refractivity contribution in [2.45, 2.75) is 50.4 Å². The van der Waals surface area contributed by atoms with Crippen LogP contribution in [-0.2, 0) is 4.74 Å². The van der Waals surface area contributed by atoms with Crippen LogP contribution in [0.2, 0.25) is 0 Å². The minimum Gasteiger partial charge on any atom is -0.387 e. The van der Waals surface area contributed by atoms with Gasteiger partial charge in [0.25, 0.3) is 0 Å². The van der Waals surface area contributed by atoms with Crippen molar-refractivity contribution in [3.05, 3.63) is 0 Å². The summed E-state index contributed by atoms with van der Waals surface area (Å²) in [5.74, 6) is 0.608. The minimum atomic E-state index is -0.329. The molecule has 15 heavy (non-hydrogen) atoms. The fourth-order valence-electron chi connectivity index (χ4n) is 3.04. The van der Waals surface area contributed by atoms with E-state index in [0.29, 0.717) is 18.1 Å². The van der Waals surface area contributed by atoms with Crippen molar-refractivity contribution in [2.24, 2.45) is 5.92 Å². The minimum absolute atomic E-state index is 0.329. The van der Waals surface area contributed by atoms with Crippen LogP contribution in [-0.4, -0.2) is 47.4 Å². The molecule has 3 heteroatoms. The first-order valence-corrected chi connectivity index (χ1v) is 6.26. The van der Waals surface area contributed by atoms with Gasteiger partial charge in [0.2, 0.25) is 0 Å². The number of rotatable bonds is 3. The van der Waals surface area contributed by atoms with Gasteiger partial charge in [0.05, 0.1) is 17.8 Å². The fraction of sp³-hybridized carbons (Fsp3) is 1.00. The first kappa shape index (κ1) is 10.1. The maximum absolute atomic E-state index is 10.2. The molecule has 2 unspecified atom stereocenters. The van der Waals surface area contributed by atoms with E-state index in [2.05, 4.69) is 11.8 Å². The first-order valence-electron chi connectivity index (χ1n) is 6.26.